The molecule has 0 aromatic carbocycles. The summed E-state index contributed by atoms with van der Waals surface area (Å²) in [4.78, 5) is 10.8. The van der Waals surface area contributed by atoms with Gasteiger partial charge in [-0.25, -0.2) is 0 Å². The molecule has 13 heavy (non-hydrogen) atoms. The van der Waals surface area contributed by atoms with Gasteiger partial charge in [0.05, 0.1) is 0 Å². The maximum absolute atomic E-state index is 10.8. The summed E-state index contributed by atoms with van der Waals surface area (Å²) in [6.45, 7) is 1.16. The molecule has 0 saturated carbocycles. The molecular weight excluding hydrogens is 180 g/mol. The van der Waals surface area contributed by atoms with E-state index in [1.807, 2.05) is 0 Å². The maximum Gasteiger partial charge on any atom is 0.184 e. The van der Waals surface area contributed by atoms with E-state index >= 15 is 0 Å². The van der Waals surface area contributed by atoms with Crippen LogP contribution in [0.5, 0.6) is 0 Å². The first-order valence-corrected chi connectivity index (χ1v) is 3.83. The Morgan fingerprint density at radius 3 is 2.08 bits per heavy atom. The molecule has 1 aliphatic heterocycles. The zero-order valence-electron chi connectivity index (χ0n) is 6.99. The monoisotopic (exact) mass is 192 g/mol. The van der Waals surface area contributed by atoms with Gasteiger partial charge in [0.25, 0.3) is 0 Å². The summed E-state index contributed by atoms with van der Waals surface area (Å²) in [6.07, 6.45) is -7.60. The van der Waals surface area contributed by atoms with Gasteiger partial charge in [-0.3, -0.25) is 4.79 Å². The minimum absolute atomic E-state index is 0.516. The molecule has 0 bridgehead atoms. The Balaban J connectivity index is 2.76. The van der Waals surface area contributed by atoms with Crippen molar-refractivity contribution in [3.63, 3.8) is 0 Å². The van der Waals surface area contributed by atoms with E-state index in [1.54, 1.807) is 0 Å². The van der Waals surface area contributed by atoms with Crippen molar-refractivity contribution in [3.05, 3.63) is 0 Å². The fourth-order valence-electron chi connectivity index (χ4n) is 1.20. The Morgan fingerprint density at radius 2 is 1.62 bits per heavy atom. The highest BCUT2D eigenvalue weighted by Crippen LogP contribution is 2.20. The minimum atomic E-state index is -1.65. The Labute approximate surface area is 74.4 Å². The van der Waals surface area contributed by atoms with Crippen LogP contribution in [0.2, 0.25) is 0 Å². The summed E-state index contributed by atoms with van der Waals surface area (Å²) in [5, 5.41) is 36.4. The predicted molar refractivity (Wildman–Crippen MR) is 39.6 cm³/mol. The third-order valence-corrected chi connectivity index (χ3v) is 1.99. The molecule has 0 spiro atoms. The number of aliphatic hydroxyl groups is 4. The highest BCUT2D eigenvalue weighted by Gasteiger charge is 2.44. The number of ketones is 1. The van der Waals surface area contributed by atoms with Crippen LogP contribution in [-0.2, 0) is 9.53 Å². The Kier molecular flexibility index (Phi) is 2.99. The molecule has 5 atom stereocenters. The number of hydrogen-bond donors (Lipinski definition) is 4. The average Bonchev–Trinajstić information content (AvgIpc) is 2.07. The molecule has 0 aromatic rings. The largest absolute Gasteiger partial charge is 0.387 e. The highest BCUT2D eigenvalue weighted by atomic mass is 16.6. The third kappa shape index (κ3) is 1.87. The molecule has 1 saturated heterocycles. The summed E-state index contributed by atoms with van der Waals surface area (Å²) in [6, 6.07) is 0. The van der Waals surface area contributed by atoms with Crippen molar-refractivity contribution in [1.82, 2.24) is 0 Å². The lowest BCUT2D eigenvalue weighted by Gasteiger charge is -2.37. The van der Waals surface area contributed by atoms with Crippen molar-refractivity contribution in [1.29, 1.82) is 0 Å². The van der Waals surface area contributed by atoms with Crippen molar-refractivity contribution < 1.29 is 30.0 Å². The number of hydrogen-bond acceptors (Lipinski definition) is 6. The zero-order chi connectivity index (χ0) is 10.2. The third-order valence-electron chi connectivity index (χ3n) is 1.99. The fourth-order valence-corrected chi connectivity index (χ4v) is 1.20. The molecule has 76 valence electrons. The van der Waals surface area contributed by atoms with Crippen LogP contribution in [0, 0.1) is 0 Å². The number of carbonyl (C=O) groups excluding carboxylic acids is 1. The van der Waals surface area contributed by atoms with E-state index < -0.39 is 36.5 Å². The van der Waals surface area contributed by atoms with Gasteiger partial charge < -0.3 is 25.2 Å². The summed E-state index contributed by atoms with van der Waals surface area (Å²) < 4.78 is 4.59. The van der Waals surface area contributed by atoms with E-state index in [1.165, 1.54) is 0 Å². The Hall–Kier alpha value is -0.530. The first kappa shape index (κ1) is 10.6. The maximum atomic E-state index is 10.8. The summed E-state index contributed by atoms with van der Waals surface area (Å²) >= 11 is 0. The first-order chi connectivity index (χ1) is 5.95. The second-order valence-electron chi connectivity index (χ2n) is 3.03. The van der Waals surface area contributed by atoms with Gasteiger partial charge in [0.1, 0.15) is 24.4 Å². The first-order valence-electron chi connectivity index (χ1n) is 3.83. The molecule has 4 N–H and O–H groups in total. The molecule has 0 aromatic heterocycles. The quantitative estimate of drug-likeness (QED) is 0.362. The van der Waals surface area contributed by atoms with E-state index in [0.717, 1.165) is 6.92 Å². The van der Waals surface area contributed by atoms with Crippen LogP contribution in [-0.4, -0.2) is 56.9 Å². The van der Waals surface area contributed by atoms with E-state index in [9.17, 15) is 9.90 Å². The second kappa shape index (κ2) is 3.69. The molecule has 6 heteroatoms. The van der Waals surface area contributed by atoms with E-state index in [-0.39, 0.29) is 0 Å². The van der Waals surface area contributed by atoms with Crippen LogP contribution in [0.1, 0.15) is 6.92 Å². The summed E-state index contributed by atoms with van der Waals surface area (Å²) in [5.41, 5.74) is 0. The normalized spacial score (nSPS) is 46.1. The van der Waals surface area contributed by atoms with Crippen molar-refractivity contribution in [2.24, 2.45) is 0 Å². The summed E-state index contributed by atoms with van der Waals surface area (Å²) in [5.74, 6) is -0.516. The lowest BCUT2D eigenvalue weighted by atomic mass is 9.97. The number of aliphatic hydroxyl groups excluding tert-OH is 4. The van der Waals surface area contributed by atoms with Gasteiger partial charge in [-0.1, -0.05) is 0 Å². The molecule has 0 amide bonds. The minimum Gasteiger partial charge on any atom is -0.387 e. The lowest BCUT2D eigenvalue weighted by molar-refractivity contribution is -0.274. The lowest BCUT2D eigenvalue weighted by Crippen LogP contribution is -2.59. The topological polar surface area (TPSA) is 107 Å². The van der Waals surface area contributed by atoms with Crippen LogP contribution in [0.3, 0.4) is 0 Å². The Morgan fingerprint density at radius 1 is 1.08 bits per heavy atom. The Bertz CT molecular complexity index is 205. The van der Waals surface area contributed by atoms with Gasteiger partial charge in [-0.05, 0) is 6.92 Å². The van der Waals surface area contributed by atoms with Gasteiger partial charge in [-0.15, -0.1) is 0 Å². The smallest absolute Gasteiger partial charge is 0.184 e. The van der Waals surface area contributed by atoms with Crippen LogP contribution in [0.15, 0.2) is 0 Å². The van der Waals surface area contributed by atoms with Gasteiger partial charge in [0.2, 0.25) is 0 Å². The molecule has 0 unspecified atom stereocenters. The van der Waals surface area contributed by atoms with E-state index in [2.05, 4.69) is 4.74 Å². The molecule has 1 aliphatic rings. The molecule has 6 nitrogen and oxygen atoms in total. The number of Topliss-reactive ketones (excluding diaryl/α,β-unsaturated/α-hetero) is 1. The number of carbonyl (C=O) groups is 1. The number of ether oxygens (including phenoxy) is 1. The van der Waals surface area contributed by atoms with Crippen molar-refractivity contribution in [3.8, 4) is 0 Å². The molecule has 1 heterocycles. The zero-order valence-corrected chi connectivity index (χ0v) is 6.99. The van der Waals surface area contributed by atoms with Crippen molar-refractivity contribution in [2.75, 3.05) is 0 Å². The van der Waals surface area contributed by atoms with Crippen molar-refractivity contribution in [2.45, 2.75) is 37.6 Å². The van der Waals surface area contributed by atoms with Gasteiger partial charge in [0, 0.05) is 0 Å². The van der Waals surface area contributed by atoms with Crippen LogP contribution in [0.4, 0.5) is 0 Å². The molecule has 0 radical (unpaired) electrons. The van der Waals surface area contributed by atoms with Crippen LogP contribution >= 0.6 is 0 Å². The van der Waals surface area contributed by atoms with Crippen LogP contribution < -0.4 is 0 Å². The van der Waals surface area contributed by atoms with E-state index in [0.29, 0.717) is 0 Å². The fraction of sp³-hybridized carbons (Fsp3) is 0.857. The number of rotatable bonds is 1. The second-order valence-corrected chi connectivity index (χ2v) is 3.03. The molecule has 1 fully saturated rings. The van der Waals surface area contributed by atoms with Gasteiger partial charge in [0.15, 0.2) is 12.1 Å². The molecule has 0 aliphatic carbocycles. The van der Waals surface area contributed by atoms with Crippen molar-refractivity contribution >= 4 is 5.78 Å². The summed E-state index contributed by atoms with van der Waals surface area (Å²) in [7, 11) is 0. The highest BCUT2D eigenvalue weighted by molar-refractivity contribution is 5.81. The van der Waals surface area contributed by atoms with E-state index in [4.69, 9.17) is 15.3 Å². The molecular formula is C7H12O6. The molecule has 1 rings (SSSR count). The predicted octanol–water partition coefficient (Wildman–Crippen LogP) is -2.62. The van der Waals surface area contributed by atoms with Gasteiger partial charge in [-0.2, -0.15) is 0 Å². The SMILES string of the molecule is CC(=O)[C@@H]1O[C@@H](O)[C@H](O)[C@@H](O)[C@H]1O. The van der Waals surface area contributed by atoms with Crippen LogP contribution in [0.25, 0.3) is 0 Å². The average molecular weight is 192 g/mol. The standard InChI is InChI=1S/C7H12O6/c1-2(8)6-4(10)3(9)5(11)7(12)13-6/h3-7,9-12H,1H3/t3-,4+,5+,6-,7+/m0/s1. The van der Waals surface area contributed by atoms with Gasteiger partial charge >= 0.3 is 0 Å².